The molecular formula is C11H13F4NO2. The van der Waals surface area contributed by atoms with E-state index in [0.717, 1.165) is 5.56 Å². The Morgan fingerprint density at radius 3 is 2.61 bits per heavy atom. The van der Waals surface area contributed by atoms with Crippen LogP contribution in [0.5, 0.6) is 0 Å². The van der Waals surface area contributed by atoms with E-state index in [2.05, 4.69) is 9.72 Å². The number of aliphatic hydroxyl groups is 1. The second-order valence-electron chi connectivity index (χ2n) is 3.89. The summed E-state index contributed by atoms with van der Waals surface area (Å²) in [7, 11) is 0. The van der Waals surface area contributed by atoms with Gasteiger partial charge in [0.15, 0.2) is 0 Å². The lowest BCUT2D eigenvalue weighted by atomic mass is 10.1. The molecule has 0 saturated heterocycles. The van der Waals surface area contributed by atoms with Crippen LogP contribution in [0, 0.1) is 6.92 Å². The van der Waals surface area contributed by atoms with Crippen molar-refractivity contribution in [3.05, 3.63) is 29.6 Å². The minimum atomic E-state index is -4.20. The number of hydrogen-bond donors (Lipinski definition) is 1. The van der Waals surface area contributed by atoms with Crippen LogP contribution in [-0.2, 0) is 4.74 Å². The molecule has 102 valence electrons. The van der Waals surface area contributed by atoms with E-state index in [9.17, 15) is 22.7 Å². The normalized spacial score (nSPS) is 13.9. The number of aryl methyl sites for hydroxylation is 1. The second-order valence-corrected chi connectivity index (χ2v) is 3.89. The Hall–Kier alpha value is -1.21. The molecule has 1 unspecified atom stereocenters. The molecule has 0 amide bonds. The van der Waals surface area contributed by atoms with Crippen LogP contribution < -0.4 is 0 Å². The first-order valence-electron chi connectivity index (χ1n) is 5.16. The topological polar surface area (TPSA) is 42.4 Å². The van der Waals surface area contributed by atoms with E-state index in [1.54, 1.807) is 19.2 Å². The molecule has 1 aromatic heterocycles. The molecular weight excluding hydrogens is 254 g/mol. The summed E-state index contributed by atoms with van der Waals surface area (Å²) in [4.78, 5) is 3.81. The minimum absolute atomic E-state index is 0.385. The Bertz CT molecular complexity index is 387. The molecule has 18 heavy (non-hydrogen) atoms. The zero-order valence-corrected chi connectivity index (χ0v) is 9.62. The van der Waals surface area contributed by atoms with Gasteiger partial charge in [-0.2, -0.15) is 8.78 Å². The number of nitrogens with zero attached hydrogens (tertiary/aromatic N) is 1. The number of alkyl halides is 4. The molecule has 7 heteroatoms. The van der Waals surface area contributed by atoms with Crippen LogP contribution >= 0.6 is 0 Å². The van der Waals surface area contributed by atoms with Gasteiger partial charge < -0.3 is 9.84 Å². The molecule has 0 aromatic carbocycles. The zero-order valence-electron chi connectivity index (χ0n) is 9.62. The number of ether oxygens (including phenoxy) is 1. The van der Waals surface area contributed by atoms with Gasteiger partial charge >= 0.3 is 12.3 Å². The predicted octanol–water partition coefficient (Wildman–Crippen LogP) is 2.34. The van der Waals surface area contributed by atoms with Crippen molar-refractivity contribution in [2.45, 2.75) is 25.4 Å². The van der Waals surface area contributed by atoms with Gasteiger partial charge in [-0.25, -0.2) is 8.78 Å². The van der Waals surface area contributed by atoms with E-state index in [0.29, 0.717) is 5.56 Å². The van der Waals surface area contributed by atoms with E-state index in [-0.39, 0.29) is 0 Å². The Morgan fingerprint density at radius 1 is 1.39 bits per heavy atom. The van der Waals surface area contributed by atoms with Gasteiger partial charge in [0.05, 0.1) is 6.61 Å². The average molecular weight is 267 g/mol. The van der Waals surface area contributed by atoms with Crippen LogP contribution in [-0.4, -0.2) is 35.7 Å². The lowest BCUT2D eigenvalue weighted by molar-refractivity contribution is -0.170. The van der Waals surface area contributed by atoms with Crippen LogP contribution in [0.15, 0.2) is 18.5 Å². The largest absolute Gasteiger partial charge is 0.386 e. The molecule has 0 radical (unpaired) electrons. The van der Waals surface area contributed by atoms with Crippen molar-refractivity contribution >= 4 is 0 Å². The molecule has 0 spiro atoms. The number of rotatable bonds is 6. The van der Waals surface area contributed by atoms with E-state index in [4.69, 9.17) is 0 Å². The standard InChI is InChI=1S/C11H13F4NO2/c1-7-2-8(4-16-3-7)9(17)5-18-6-11(14,15)10(12)13/h2-4,9-10,17H,5-6H2,1H3. The summed E-state index contributed by atoms with van der Waals surface area (Å²) < 4.78 is 53.0. The molecule has 0 bridgehead atoms. The third kappa shape index (κ3) is 4.23. The van der Waals surface area contributed by atoms with E-state index in [1.807, 2.05) is 0 Å². The molecule has 0 fully saturated rings. The highest BCUT2D eigenvalue weighted by Gasteiger charge is 2.41. The quantitative estimate of drug-likeness (QED) is 0.804. The third-order valence-electron chi connectivity index (χ3n) is 2.17. The van der Waals surface area contributed by atoms with Crippen LogP contribution in [0.4, 0.5) is 17.6 Å². The fourth-order valence-corrected chi connectivity index (χ4v) is 1.23. The molecule has 1 atom stereocenters. The van der Waals surface area contributed by atoms with Crippen molar-refractivity contribution in [2.75, 3.05) is 13.2 Å². The maximum Gasteiger partial charge on any atom is 0.330 e. The Balaban J connectivity index is 2.45. The van der Waals surface area contributed by atoms with Crippen LogP contribution in [0.1, 0.15) is 17.2 Å². The number of halogens is 4. The highest BCUT2D eigenvalue weighted by atomic mass is 19.3. The van der Waals surface area contributed by atoms with Crippen molar-refractivity contribution in [2.24, 2.45) is 0 Å². The van der Waals surface area contributed by atoms with E-state index < -0.39 is 31.7 Å². The Kier molecular flexibility index (Phi) is 5.03. The molecule has 0 aliphatic carbocycles. The van der Waals surface area contributed by atoms with Gasteiger partial charge in [0.25, 0.3) is 0 Å². The highest BCUT2D eigenvalue weighted by Crippen LogP contribution is 2.23. The summed E-state index contributed by atoms with van der Waals surface area (Å²) >= 11 is 0. The van der Waals surface area contributed by atoms with Gasteiger partial charge in [0.1, 0.15) is 12.7 Å². The number of pyridine rings is 1. The Morgan fingerprint density at radius 2 is 2.06 bits per heavy atom. The van der Waals surface area contributed by atoms with Gasteiger partial charge in [-0.1, -0.05) is 6.07 Å². The highest BCUT2D eigenvalue weighted by molar-refractivity contribution is 5.18. The molecule has 0 saturated carbocycles. The maximum atomic E-state index is 12.5. The lowest BCUT2D eigenvalue weighted by Gasteiger charge is -2.17. The summed E-state index contributed by atoms with van der Waals surface area (Å²) in [6.07, 6.45) is -2.05. The van der Waals surface area contributed by atoms with Crippen molar-refractivity contribution in [1.29, 1.82) is 0 Å². The van der Waals surface area contributed by atoms with E-state index in [1.165, 1.54) is 6.20 Å². The molecule has 1 N–H and O–H groups in total. The molecule has 1 heterocycles. The SMILES string of the molecule is Cc1cncc(C(O)COCC(F)(F)C(F)F)c1. The van der Waals surface area contributed by atoms with Crippen LogP contribution in [0.25, 0.3) is 0 Å². The fraction of sp³-hybridized carbons (Fsp3) is 0.545. The third-order valence-corrected chi connectivity index (χ3v) is 2.17. The number of aromatic nitrogens is 1. The van der Waals surface area contributed by atoms with Gasteiger partial charge in [-0.3, -0.25) is 4.98 Å². The number of aliphatic hydroxyl groups excluding tert-OH is 1. The van der Waals surface area contributed by atoms with Crippen molar-refractivity contribution in [3.63, 3.8) is 0 Å². The van der Waals surface area contributed by atoms with Gasteiger partial charge in [0, 0.05) is 18.0 Å². The molecule has 3 nitrogen and oxygen atoms in total. The first-order chi connectivity index (χ1) is 8.33. The van der Waals surface area contributed by atoms with Gasteiger partial charge in [-0.15, -0.1) is 0 Å². The predicted molar refractivity (Wildman–Crippen MR) is 55.7 cm³/mol. The monoisotopic (exact) mass is 267 g/mol. The summed E-state index contributed by atoms with van der Waals surface area (Å²) in [6, 6.07) is 1.60. The summed E-state index contributed by atoms with van der Waals surface area (Å²) in [5.41, 5.74) is 1.17. The lowest BCUT2D eigenvalue weighted by Crippen LogP contribution is -2.33. The van der Waals surface area contributed by atoms with Gasteiger partial charge in [-0.05, 0) is 12.5 Å². The minimum Gasteiger partial charge on any atom is -0.386 e. The molecule has 0 aliphatic rings. The smallest absolute Gasteiger partial charge is 0.330 e. The first-order valence-corrected chi connectivity index (χ1v) is 5.16. The maximum absolute atomic E-state index is 12.5. The zero-order chi connectivity index (χ0) is 13.8. The van der Waals surface area contributed by atoms with Crippen LogP contribution in [0.2, 0.25) is 0 Å². The van der Waals surface area contributed by atoms with Crippen molar-refractivity contribution in [1.82, 2.24) is 4.98 Å². The average Bonchev–Trinajstić information content (AvgIpc) is 2.28. The first kappa shape index (κ1) is 14.8. The van der Waals surface area contributed by atoms with Crippen molar-refractivity contribution < 1.29 is 27.4 Å². The Labute approximate surface area is 101 Å². The summed E-state index contributed by atoms with van der Waals surface area (Å²) in [5.74, 6) is -4.20. The summed E-state index contributed by atoms with van der Waals surface area (Å²) in [6.45, 7) is -0.177. The second kappa shape index (κ2) is 6.10. The van der Waals surface area contributed by atoms with Gasteiger partial charge in [0.2, 0.25) is 0 Å². The molecule has 0 aliphatic heterocycles. The van der Waals surface area contributed by atoms with Crippen LogP contribution in [0.3, 0.4) is 0 Å². The molecule has 1 aromatic rings. The summed E-state index contributed by atoms with van der Waals surface area (Å²) in [5, 5.41) is 9.58. The fourth-order valence-electron chi connectivity index (χ4n) is 1.23. The number of hydrogen-bond acceptors (Lipinski definition) is 3. The van der Waals surface area contributed by atoms with E-state index >= 15 is 0 Å². The van der Waals surface area contributed by atoms with Crippen molar-refractivity contribution in [3.8, 4) is 0 Å². The molecule has 1 rings (SSSR count).